The summed E-state index contributed by atoms with van der Waals surface area (Å²) in [6.07, 6.45) is 4.79. The third-order valence-electron chi connectivity index (χ3n) is 4.26. The number of nitrogens with two attached hydrogens (primary N) is 1. The number of carbonyl (C=O) groups excluding carboxylic acids is 1. The Morgan fingerprint density at radius 1 is 1.48 bits per heavy atom. The van der Waals surface area contributed by atoms with Crippen LogP contribution in [-0.2, 0) is 0 Å². The molecule has 1 saturated carbocycles. The first kappa shape index (κ1) is 14.7. The zero-order valence-electron chi connectivity index (χ0n) is 12.0. The highest BCUT2D eigenvalue weighted by Crippen LogP contribution is 2.49. The van der Waals surface area contributed by atoms with E-state index in [2.05, 4.69) is 12.2 Å². The Bertz CT molecular complexity index is 691. The van der Waals surface area contributed by atoms with Gasteiger partial charge in [0.15, 0.2) is 0 Å². The first-order chi connectivity index (χ1) is 10.0. The van der Waals surface area contributed by atoms with E-state index in [4.69, 9.17) is 17.3 Å². The summed E-state index contributed by atoms with van der Waals surface area (Å²) in [7, 11) is 0. The number of benzene rings is 1. The maximum absolute atomic E-state index is 12.4. The standard InChI is InChI=1S/C16H19ClN2OS/c1-2-5-16(6-7-16)9-19-15(20)14-13(18)11-4-3-10(17)8-12(11)21-14/h3-4,8H,2,5-7,9,18H2,1H3,(H,19,20). The third kappa shape index (κ3) is 2.87. The molecule has 1 aliphatic carbocycles. The van der Waals surface area contributed by atoms with Crippen LogP contribution in [0, 0.1) is 5.41 Å². The van der Waals surface area contributed by atoms with Gasteiger partial charge in [-0.15, -0.1) is 11.3 Å². The van der Waals surface area contributed by atoms with Crippen molar-refractivity contribution in [2.45, 2.75) is 32.6 Å². The number of hydrogen-bond donors (Lipinski definition) is 2. The maximum atomic E-state index is 12.4. The fourth-order valence-electron chi connectivity index (χ4n) is 2.83. The molecule has 2 aromatic rings. The number of amides is 1. The molecule has 0 bridgehead atoms. The van der Waals surface area contributed by atoms with Crippen molar-refractivity contribution in [1.29, 1.82) is 0 Å². The SMILES string of the molecule is CCCC1(CNC(=O)c2sc3cc(Cl)ccc3c2N)CC1. The largest absolute Gasteiger partial charge is 0.397 e. The first-order valence-electron chi connectivity index (χ1n) is 7.30. The average molecular weight is 323 g/mol. The number of nitrogen functional groups attached to an aromatic ring is 1. The van der Waals surface area contributed by atoms with Crippen molar-refractivity contribution in [2.75, 3.05) is 12.3 Å². The minimum Gasteiger partial charge on any atom is -0.397 e. The van der Waals surface area contributed by atoms with Gasteiger partial charge >= 0.3 is 0 Å². The molecule has 1 aliphatic rings. The summed E-state index contributed by atoms with van der Waals surface area (Å²) in [5.41, 5.74) is 7.02. The van der Waals surface area contributed by atoms with E-state index in [1.807, 2.05) is 12.1 Å². The Morgan fingerprint density at radius 2 is 2.24 bits per heavy atom. The van der Waals surface area contributed by atoms with Crippen LogP contribution in [0.5, 0.6) is 0 Å². The Kier molecular flexibility index (Phi) is 3.84. The molecule has 3 nitrogen and oxygen atoms in total. The van der Waals surface area contributed by atoms with Gasteiger partial charge in [-0.2, -0.15) is 0 Å². The number of rotatable bonds is 5. The summed E-state index contributed by atoms with van der Waals surface area (Å²) in [6.45, 7) is 2.95. The first-order valence-corrected chi connectivity index (χ1v) is 8.50. The van der Waals surface area contributed by atoms with Crippen LogP contribution in [0.15, 0.2) is 18.2 Å². The van der Waals surface area contributed by atoms with Crippen molar-refractivity contribution in [3.05, 3.63) is 28.1 Å². The summed E-state index contributed by atoms with van der Waals surface area (Å²) >= 11 is 7.40. The zero-order valence-corrected chi connectivity index (χ0v) is 13.6. The highest BCUT2D eigenvalue weighted by molar-refractivity contribution is 7.21. The number of carbonyl (C=O) groups is 1. The second kappa shape index (κ2) is 5.50. The molecule has 0 aliphatic heterocycles. The van der Waals surface area contributed by atoms with Gasteiger partial charge in [0.05, 0.1) is 5.69 Å². The highest BCUT2D eigenvalue weighted by atomic mass is 35.5. The Morgan fingerprint density at radius 3 is 2.90 bits per heavy atom. The molecule has 1 aromatic heterocycles. The second-order valence-corrected chi connectivity index (χ2v) is 7.41. The van der Waals surface area contributed by atoms with Crippen LogP contribution in [0.2, 0.25) is 5.02 Å². The summed E-state index contributed by atoms with van der Waals surface area (Å²) in [6, 6.07) is 5.53. The zero-order chi connectivity index (χ0) is 15.0. The molecule has 1 heterocycles. The molecule has 0 atom stereocenters. The lowest BCUT2D eigenvalue weighted by Gasteiger charge is -2.14. The van der Waals surface area contributed by atoms with Crippen LogP contribution in [-0.4, -0.2) is 12.5 Å². The van der Waals surface area contributed by atoms with Gasteiger partial charge < -0.3 is 11.1 Å². The fraction of sp³-hybridized carbons (Fsp3) is 0.438. The van der Waals surface area contributed by atoms with E-state index >= 15 is 0 Å². The lowest BCUT2D eigenvalue weighted by molar-refractivity contribution is 0.0948. The van der Waals surface area contributed by atoms with E-state index in [9.17, 15) is 4.79 Å². The van der Waals surface area contributed by atoms with Crippen LogP contribution in [0.3, 0.4) is 0 Å². The number of halogens is 1. The predicted octanol–water partition coefficient (Wildman–Crippen LogP) is 4.45. The molecule has 1 fully saturated rings. The van der Waals surface area contributed by atoms with Gasteiger partial charge in [-0.3, -0.25) is 4.79 Å². The lowest BCUT2D eigenvalue weighted by Crippen LogP contribution is -2.30. The van der Waals surface area contributed by atoms with Crippen LogP contribution < -0.4 is 11.1 Å². The molecule has 5 heteroatoms. The molecule has 3 rings (SSSR count). The van der Waals surface area contributed by atoms with E-state index in [1.54, 1.807) is 6.07 Å². The molecular weight excluding hydrogens is 304 g/mol. The Labute approximate surface area is 133 Å². The van der Waals surface area contributed by atoms with Gasteiger partial charge in [0.25, 0.3) is 5.91 Å². The van der Waals surface area contributed by atoms with Crippen molar-refractivity contribution >= 4 is 44.6 Å². The summed E-state index contributed by atoms with van der Waals surface area (Å²) in [4.78, 5) is 13.0. The number of fused-ring (bicyclic) bond motifs is 1. The average Bonchev–Trinajstić information content (AvgIpc) is 3.15. The normalized spacial score (nSPS) is 16.1. The van der Waals surface area contributed by atoms with Crippen LogP contribution in [0.4, 0.5) is 5.69 Å². The van der Waals surface area contributed by atoms with E-state index in [0.717, 1.165) is 16.6 Å². The van der Waals surface area contributed by atoms with E-state index < -0.39 is 0 Å². The number of hydrogen-bond acceptors (Lipinski definition) is 3. The van der Waals surface area contributed by atoms with Gasteiger partial charge in [0.2, 0.25) is 0 Å². The van der Waals surface area contributed by atoms with Crippen LogP contribution in [0.25, 0.3) is 10.1 Å². The molecule has 112 valence electrons. The van der Waals surface area contributed by atoms with E-state index in [0.29, 0.717) is 21.0 Å². The van der Waals surface area contributed by atoms with Crippen molar-refractivity contribution < 1.29 is 4.79 Å². The predicted molar refractivity (Wildman–Crippen MR) is 90.2 cm³/mol. The summed E-state index contributed by atoms with van der Waals surface area (Å²) in [5.74, 6) is -0.0628. The van der Waals surface area contributed by atoms with Crippen molar-refractivity contribution in [3.8, 4) is 0 Å². The van der Waals surface area contributed by atoms with E-state index in [-0.39, 0.29) is 5.91 Å². The minimum atomic E-state index is -0.0628. The number of anilines is 1. The van der Waals surface area contributed by atoms with Crippen molar-refractivity contribution in [3.63, 3.8) is 0 Å². The van der Waals surface area contributed by atoms with Gasteiger partial charge in [-0.25, -0.2) is 0 Å². The van der Waals surface area contributed by atoms with Crippen molar-refractivity contribution in [1.82, 2.24) is 5.32 Å². The van der Waals surface area contributed by atoms with Crippen LogP contribution >= 0.6 is 22.9 Å². The van der Waals surface area contributed by atoms with Crippen LogP contribution in [0.1, 0.15) is 42.3 Å². The molecule has 0 saturated heterocycles. The van der Waals surface area contributed by atoms with Gasteiger partial charge in [-0.1, -0.05) is 24.9 Å². The third-order valence-corrected chi connectivity index (χ3v) is 5.66. The monoisotopic (exact) mass is 322 g/mol. The Balaban J connectivity index is 1.77. The molecule has 1 amide bonds. The highest BCUT2D eigenvalue weighted by Gasteiger charge is 2.41. The number of nitrogens with one attached hydrogen (secondary N) is 1. The van der Waals surface area contributed by atoms with Gasteiger partial charge in [0.1, 0.15) is 4.88 Å². The topological polar surface area (TPSA) is 55.1 Å². The molecule has 3 N–H and O–H groups in total. The maximum Gasteiger partial charge on any atom is 0.263 e. The van der Waals surface area contributed by atoms with Crippen molar-refractivity contribution in [2.24, 2.45) is 5.41 Å². The molecular formula is C16H19ClN2OS. The molecule has 1 aromatic carbocycles. The fourth-order valence-corrected chi connectivity index (χ4v) is 4.14. The minimum absolute atomic E-state index is 0.0628. The second-order valence-electron chi connectivity index (χ2n) is 5.92. The van der Waals surface area contributed by atoms with Gasteiger partial charge in [-0.05, 0) is 42.9 Å². The summed E-state index contributed by atoms with van der Waals surface area (Å²) in [5, 5.41) is 4.63. The molecule has 0 unspecified atom stereocenters. The number of thiophene rings is 1. The smallest absolute Gasteiger partial charge is 0.263 e. The summed E-state index contributed by atoms with van der Waals surface area (Å²) < 4.78 is 0.958. The molecule has 0 radical (unpaired) electrons. The quantitative estimate of drug-likeness (QED) is 0.854. The Hall–Kier alpha value is -1.26. The van der Waals surface area contributed by atoms with Gasteiger partial charge in [0, 0.05) is 21.7 Å². The lowest BCUT2D eigenvalue weighted by atomic mass is 10.0. The van der Waals surface area contributed by atoms with E-state index in [1.165, 1.54) is 37.0 Å². The molecule has 0 spiro atoms. The molecule has 21 heavy (non-hydrogen) atoms.